The molecule has 3 rings (SSSR count). The third kappa shape index (κ3) is 2.74. The van der Waals surface area contributed by atoms with Gasteiger partial charge in [0.1, 0.15) is 11.3 Å². The van der Waals surface area contributed by atoms with Crippen LogP contribution in [0, 0.1) is 10.1 Å². The summed E-state index contributed by atoms with van der Waals surface area (Å²) < 4.78 is 30.9. The smallest absolute Gasteiger partial charge is 0.297 e. The Morgan fingerprint density at radius 2 is 1.88 bits per heavy atom. The molecule has 0 unspecified atom stereocenters. The molecule has 0 aliphatic carbocycles. The Labute approximate surface area is 142 Å². The second kappa shape index (κ2) is 6.02. The second-order valence-electron chi connectivity index (χ2n) is 5.15. The fourth-order valence-corrected chi connectivity index (χ4v) is 3.98. The molecular formula is C16H13N3O5S. The summed E-state index contributed by atoms with van der Waals surface area (Å²) in [5.74, 6) is 0.468. The van der Waals surface area contributed by atoms with Gasteiger partial charge in [-0.15, -0.1) is 0 Å². The summed E-state index contributed by atoms with van der Waals surface area (Å²) in [5, 5.41) is 11.6. The van der Waals surface area contributed by atoms with Crippen LogP contribution in [-0.2, 0) is 9.84 Å². The number of nitro groups is 1. The number of benzene rings is 2. The number of methoxy groups -OCH3 is 1. The summed E-state index contributed by atoms with van der Waals surface area (Å²) in [4.78, 5) is 14.3. The number of nitrogens with zero attached hydrogens (tertiary/aromatic N) is 2. The predicted molar refractivity (Wildman–Crippen MR) is 91.3 cm³/mol. The first-order chi connectivity index (χ1) is 11.9. The van der Waals surface area contributed by atoms with Gasteiger partial charge in [-0.2, -0.15) is 0 Å². The highest BCUT2D eigenvalue weighted by Crippen LogP contribution is 2.38. The molecule has 0 saturated carbocycles. The van der Waals surface area contributed by atoms with Crippen LogP contribution >= 0.6 is 0 Å². The molecule has 0 radical (unpaired) electrons. The lowest BCUT2D eigenvalue weighted by Gasteiger charge is -2.10. The van der Waals surface area contributed by atoms with E-state index in [0.29, 0.717) is 5.75 Å². The number of fused-ring (bicyclic) bond motifs is 1. The molecule has 0 aliphatic rings. The molecule has 8 nitrogen and oxygen atoms in total. The van der Waals surface area contributed by atoms with E-state index >= 15 is 0 Å². The molecule has 0 bridgehead atoms. The van der Waals surface area contributed by atoms with E-state index in [1.54, 1.807) is 0 Å². The van der Waals surface area contributed by atoms with Crippen molar-refractivity contribution in [2.24, 2.45) is 0 Å². The lowest BCUT2D eigenvalue weighted by atomic mass is 10.1. The highest BCUT2D eigenvalue weighted by Gasteiger charge is 2.31. The number of ether oxygens (including phenoxy) is 1. The van der Waals surface area contributed by atoms with E-state index in [-0.39, 0.29) is 21.5 Å². The number of hydrogen-bond donors (Lipinski definition) is 1. The monoisotopic (exact) mass is 359 g/mol. The molecule has 1 aromatic heterocycles. The fourth-order valence-electron chi connectivity index (χ4n) is 2.51. The SMILES string of the molecule is COc1ccc(S(=O)(=O)c2cc(N)c3ncccc3c2[N+](=O)[O-])cc1. The van der Waals surface area contributed by atoms with Crippen LogP contribution in [-0.4, -0.2) is 25.4 Å². The Hall–Kier alpha value is -3.20. The highest BCUT2D eigenvalue weighted by atomic mass is 32.2. The molecule has 9 heteroatoms. The van der Waals surface area contributed by atoms with Crippen molar-refractivity contribution in [1.29, 1.82) is 0 Å². The van der Waals surface area contributed by atoms with Crippen LogP contribution in [0.15, 0.2) is 58.5 Å². The van der Waals surface area contributed by atoms with Crippen molar-refractivity contribution >= 4 is 32.1 Å². The first kappa shape index (κ1) is 16.7. The zero-order valence-electron chi connectivity index (χ0n) is 13.0. The van der Waals surface area contributed by atoms with Crippen LogP contribution < -0.4 is 10.5 Å². The van der Waals surface area contributed by atoms with E-state index in [1.165, 1.54) is 49.7 Å². The van der Waals surface area contributed by atoms with E-state index in [9.17, 15) is 18.5 Å². The van der Waals surface area contributed by atoms with Crippen molar-refractivity contribution in [3.63, 3.8) is 0 Å². The van der Waals surface area contributed by atoms with E-state index in [2.05, 4.69) is 4.98 Å². The first-order valence-corrected chi connectivity index (χ1v) is 8.55. The molecule has 0 amide bonds. The van der Waals surface area contributed by atoms with Gasteiger partial charge in [0.25, 0.3) is 5.69 Å². The van der Waals surface area contributed by atoms with Gasteiger partial charge in [-0.25, -0.2) is 8.42 Å². The highest BCUT2D eigenvalue weighted by molar-refractivity contribution is 7.91. The molecule has 0 fully saturated rings. The van der Waals surface area contributed by atoms with E-state index in [4.69, 9.17) is 10.5 Å². The Morgan fingerprint density at radius 1 is 1.20 bits per heavy atom. The number of sulfone groups is 1. The molecule has 0 aliphatic heterocycles. The number of nitrogen functional groups attached to an aromatic ring is 1. The van der Waals surface area contributed by atoms with Gasteiger partial charge in [-0.1, -0.05) is 0 Å². The Morgan fingerprint density at radius 3 is 2.48 bits per heavy atom. The average molecular weight is 359 g/mol. The van der Waals surface area contributed by atoms with Crippen molar-refractivity contribution in [1.82, 2.24) is 4.98 Å². The van der Waals surface area contributed by atoms with Crippen LogP contribution in [0.25, 0.3) is 10.9 Å². The predicted octanol–water partition coefficient (Wildman–Crippen LogP) is 2.57. The van der Waals surface area contributed by atoms with E-state index in [1.807, 2.05) is 0 Å². The lowest BCUT2D eigenvalue weighted by Crippen LogP contribution is -2.08. The molecule has 25 heavy (non-hydrogen) atoms. The van der Waals surface area contributed by atoms with Crippen molar-refractivity contribution in [2.75, 3.05) is 12.8 Å². The van der Waals surface area contributed by atoms with Crippen molar-refractivity contribution in [2.45, 2.75) is 9.79 Å². The normalized spacial score (nSPS) is 11.4. The summed E-state index contributed by atoms with van der Waals surface area (Å²) in [5.41, 5.74) is 5.56. The Bertz CT molecular complexity index is 1080. The zero-order valence-corrected chi connectivity index (χ0v) is 13.9. The Kier molecular flexibility index (Phi) is 4.01. The van der Waals surface area contributed by atoms with Crippen LogP contribution in [0.4, 0.5) is 11.4 Å². The quantitative estimate of drug-likeness (QED) is 0.431. The van der Waals surface area contributed by atoms with Gasteiger partial charge >= 0.3 is 0 Å². The average Bonchev–Trinajstić information content (AvgIpc) is 2.61. The number of aromatic nitrogens is 1. The molecule has 2 N–H and O–H groups in total. The molecule has 0 atom stereocenters. The fraction of sp³-hybridized carbons (Fsp3) is 0.0625. The van der Waals surface area contributed by atoms with Gasteiger partial charge in [0, 0.05) is 6.20 Å². The zero-order chi connectivity index (χ0) is 18.2. The molecule has 2 aromatic carbocycles. The standard InChI is InChI=1S/C16H13N3O5S/c1-24-10-4-6-11(7-5-10)25(22,23)14-9-13(17)15-12(3-2-8-18-15)16(14)19(20)21/h2-9H,17H2,1H3. The van der Waals surface area contributed by atoms with Crippen LogP contribution in [0.3, 0.4) is 0 Å². The van der Waals surface area contributed by atoms with Crippen LogP contribution in [0.1, 0.15) is 0 Å². The van der Waals surface area contributed by atoms with Gasteiger partial charge in [-0.05, 0) is 42.5 Å². The molecule has 0 spiro atoms. The first-order valence-electron chi connectivity index (χ1n) is 7.07. The van der Waals surface area contributed by atoms with E-state index < -0.39 is 25.3 Å². The van der Waals surface area contributed by atoms with Crippen molar-refractivity contribution < 1.29 is 18.1 Å². The number of rotatable bonds is 4. The maximum Gasteiger partial charge on any atom is 0.297 e. The van der Waals surface area contributed by atoms with Crippen molar-refractivity contribution in [3.8, 4) is 5.75 Å². The summed E-state index contributed by atoms with van der Waals surface area (Å²) in [6, 6.07) is 9.55. The number of pyridine rings is 1. The van der Waals surface area contributed by atoms with Gasteiger partial charge in [-0.3, -0.25) is 15.1 Å². The maximum atomic E-state index is 12.9. The van der Waals surface area contributed by atoms with Gasteiger partial charge in [0.2, 0.25) is 9.84 Å². The van der Waals surface area contributed by atoms with Crippen molar-refractivity contribution in [3.05, 3.63) is 58.8 Å². The summed E-state index contributed by atoms with van der Waals surface area (Å²) in [6.45, 7) is 0. The summed E-state index contributed by atoms with van der Waals surface area (Å²) >= 11 is 0. The van der Waals surface area contributed by atoms with E-state index in [0.717, 1.165) is 6.07 Å². The Balaban J connectivity index is 2.33. The maximum absolute atomic E-state index is 12.9. The molecular weight excluding hydrogens is 346 g/mol. The number of nitrogens with two attached hydrogens (primary N) is 1. The van der Waals surface area contributed by atoms with Gasteiger partial charge in [0.15, 0.2) is 4.90 Å². The number of hydrogen-bond acceptors (Lipinski definition) is 7. The largest absolute Gasteiger partial charge is 0.497 e. The number of anilines is 1. The lowest BCUT2D eigenvalue weighted by molar-refractivity contribution is -0.386. The summed E-state index contributed by atoms with van der Waals surface area (Å²) in [7, 11) is -2.71. The third-order valence-corrected chi connectivity index (χ3v) is 5.48. The summed E-state index contributed by atoms with van der Waals surface area (Å²) in [6.07, 6.45) is 1.43. The molecule has 128 valence electrons. The minimum Gasteiger partial charge on any atom is -0.497 e. The minimum atomic E-state index is -4.16. The molecule has 0 saturated heterocycles. The third-order valence-electron chi connectivity index (χ3n) is 3.70. The van der Waals surface area contributed by atoms with Gasteiger partial charge < -0.3 is 10.5 Å². The minimum absolute atomic E-state index is 0.0493. The van der Waals surface area contributed by atoms with Crippen LogP contribution in [0.2, 0.25) is 0 Å². The second-order valence-corrected chi connectivity index (χ2v) is 7.07. The van der Waals surface area contributed by atoms with Crippen LogP contribution in [0.5, 0.6) is 5.75 Å². The molecule has 1 heterocycles. The molecule has 3 aromatic rings. The number of nitro benzene ring substituents is 1. The topological polar surface area (TPSA) is 125 Å². The van der Waals surface area contributed by atoms with Gasteiger partial charge in [0.05, 0.1) is 28.0 Å².